The molecule has 1 aromatic heterocycles. The second-order valence-electron chi connectivity index (χ2n) is 3.98. The fourth-order valence-electron chi connectivity index (χ4n) is 1.88. The lowest BCUT2D eigenvalue weighted by molar-refractivity contribution is 0.524. The van der Waals surface area contributed by atoms with Crippen molar-refractivity contribution in [1.82, 2.24) is 5.32 Å². The van der Waals surface area contributed by atoms with Gasteiger partial charge < -0.3 is 9.73 Å². The van der Waals surface area contributed by atoms with E-state index in [0.29, 0.717) is 10.0 Å². The number of benzene rings is 1. The minimum Gasteiger partial charge on any atom is -0.469 e. The molecular weight excluding hydrogens is 321 g/mol. The Morgan fingerprint density at radius 2 is 2.17 bits per heavy atom. The molecule has 1 aromatic carbocycles. The van der Waals surface area contributed by atoms with Crippen LogP contribution in [0.5, 0.6) is 0 Å². The molecule has 1 unspecified atom stereocenters. The van der Waals surface area contributed by atoms with Crippen LogP contribution in [0.4, 0.5) is 4.39 Å². The summed E-state index contributed by atoms with van der Waals surface area (Å²) < 4.78 is 20.0. The van der Waals surface area contributed by atoms with E-state index in [1.807, 2.05) is 13.0 Å². The third kappa shape index (κ3) is 2.46. The molecule has 96 valence electrons. The highest BCUT2D eigenvalue weighted by Gasteiger charge is 2.20. The summed E-state index contributed by atoms with van der Waals surface area (Å²) in [7, 11) is 1.77. The van der Waals surface area contributed by atoms with Crippen molar-refractivity contribution >= 4 is 27.5 Å². The molecule has 1 atom stereocenters. The second-order valence-corrected chi connectivity index (χ2v) is 5.21. The van der Waals surface area contributed by atoms with Crippen molar-refractivity contribution in [2.45, 2.75) is 13.0 Å². The molecular formula is C13H12BrClFNO. The van der Waals surface area contributed by atoms with Gasteiger partial charge in [-0.1, -0.05) is 17.7 Å². The first-order valence-electron chi connectivity index (χ1n) is 5.40. The quantitative estimate of drug-likeness (QED) is 0.840. The zero-order valence-electron chi connectivity index (χ0n) is 9.93. The first-order valence-corrected chi connectivity index (χ1v) is 6.57. The fraction of sp³-hybridized carbons (Fsp3) is 0.231. The average molecular weight is 333 g/mol. The Morgan fingerprint density at radius 1 is 1.44 bits per heavy atom. The largest absolute Gasteiger partial charge is 0.469 e. The van der Waals surface area contributed by atoms with Crippen LogP contribution in [0.2, 0.25) is 5.02 Å². The SMILES string of the molecule is CNC(c1coc(C)c1)c1ccc(Br)c(Cl)c1F. The van der Waals surface area contributed by atoms with E-state index < -0.39 is 5.82 Å². The Hall–Kier alpha value is -0.840. The van der Waals surface area contributed by atoms with Crippen LogP contribution in [0.25, 0.3) is 0 Å². The molecule has 0 radical (unpaired) electrons. The summed E-state index contributed by atoms with van der Waals surface area (Å²) >= 11 is 9.10. The van der Waals surface area contributed by atoms with Gasteiger partial charge in [0, 0.05) is 15.6 Å². The van der Waals surface area contributed by atoms with Gasteiger partial charge in [0.25, 0.3) is 0 Å². The maximum absolute atomic E-state index is 14.2. The third-order valence-electron chi connectivity index (χ3n) is 2.75. The number of nitrogens with one attached hydrogen (secondary N) is 1. The van der Waals surface area contributed by atoms with Crippen molar-refractivity contribution in [1.29, 1.82) is 0 Å². The summed E-state index contributed by atoms with van der Waals surface area (Å²) in [6.45, 7) is 1.85. The van der Waals surface area contributed by atoms with Crippen LogP contribution < -0.4 is 5.32 Å². The van der Waals surface area contributed by atoms with Gasteiger partial charge in [-0.25, -0.2) is 4.39 Å². The molecule has 0 aliphatic rings. The summed E-state index contributed by atoms with van der Waals surface area (Å²) in [4.78, 5) is 0. The van der Waals surface area contributed by atoms with Crippen LogP contribution in [0.15, 0.2) is 33.4 Å². The molecule has 0 aliphatic heterocycles. The summed E-state index contributed by atoms with van der Waals surface area (Å²) in [5.41, 5.74) is 1.36. The van der Waals surface area contributed by atoms with Crippen LogP contribution >= 0.6 is 27.5 Å². The Bertz CT molecular complexity index is 570. The van der Waals surface area contributed by atoms with Crippen molar-refractivity contribution in [2.24, 2.45) is 0 Å². The highest BCUT2D eigenvalue weighted by Crippen LogP contribution is 2.33. The van der Waals surface area contributed by atoms with E-state index in [1.54, 1.807) is 25.4 Å². The number of hydrogen-bond acceptors (Lipinski definition) is 2. The molecule has 0 spiro atoms. The van der Waals surface area contributed by atoms with Gasteiger partial charge in [0.2, 0.25) is 0 Å². The van der Waals surface area contributed by atoms with Gasteiger partial charge in [0.1, 0.15) is 11.6 Å². The van der Waals surface area contributed by atoms with Gasteiger partial charge >= 0.3 is 0 Å². The minimum atomic E-state index is -0.427. The normalized spacial score (nSPS) is 12.7. The zero-order chi connectivity index (χ0) is 13.3. The van der Waals surface area contributed by atoms with E-state index in [2.05, 4.69) is 21.2 Å². The predicted molar refractivity (Wildman–Crippen MR) is 73.5 cm³/mol. The van der Waals surface area contributed by atoms with E-state index in [4.69, 9.17) is 16.0 Å². The lowest BCUT2D eigenvalue weighted by atomic mass is 10.0. The van der Waals surface area contributed by atoms with E-state index >= 15 is 0 Å². The standard InChI is InChI=1S/C13H12BrClFNO/c1-7-5-8(6-18-7)13(17-2)9-3-4-10(14)11(15)12(9)16/h3-6,13,17H,1-2H3. The third-order valence-corrected chi connectivity index (χ3v) is 4.01. The molecule has 0 bridgehead atoms. The van der Waals surface area contributed by atoms with Crippen LogP contribution in [-0.4, -0.2) is 7.05 Å². The van der Waals surface area contributed by atoms with E-state index in [0.717, 1.165) is 11.3 Å². The second kappa shape index (κ2) is 5.43. The number of hydrogen-bond donors (Lipinski definition) is 1. The lowest BCUT2D eigenvalue weighted by Gasteiger charge is -2.16. The smallest absolute Gasteiger partial charge is 0.148 e. The molecule has 0 amide bonds. The average Bonchev–Trinajstić information content (AvgIpc) is 2.77. The van der Waals surface area contributed by atoms with Crippen molar-refractivity contribution in [3.63, 3.8) is 0 Å². The van der Waals surface area contributed by atoms with E-state index in [9.17, 15) is 4.39 Å². The van der Waals surface area contributed by atoms with Gasteiger partial charge in [-0.15, -0.1) is 0 Å². The Morgan fingerprint density at radius 3 is 2.72 bits per heavy atom. The topological polar surface area (TPSA) is 25.2 Å². The molecule has 2 nitrogen and oxygen atoms in total. The lowest BCUT2D eigenvalue weighted by Crippen LogP contribution is -2.18. The van der Waals surface area contributed by atoms with Gasteiger partial charge in [-0.2, -0.15) is 0 Å². The number of halogens is 3. The molecule has 2 rings (SSSR count). The minimum absolute atomic E-state index is 0.0907. The van der Waals surface area contributed by atoms with Crippen LogP contribution in [0.3, 0.4) is 0 Å². The van der Waals surface area contributed by atoms with Crippen LogP contribution in [0.1, 0.15) is 22.9 Å². The Kier molecular flexibility index (Phi) is 4.10. The maximum Gasteiger partial charge on any atom is 0.148 e. The summed E-state index contributed by atoms with van der Waals surface area (Å²) in [5.74, 6) is 0.359. The predicted octanol–water partition coefficient (Wildman–Crippen LogP) is 4.45. The summed E-state index contributed by atoms with van der Waals surface area (Å²) in [5, 5.41) is 3.15. The first kappa shape index (κ1) is 13.6. The highest BCUT2D eigenvalue weighted by molar-refractivity contribution is 9.10. The van der Waals surface area contributed by atoms with Gasteiger partial charge in [-0.3, -0.25) is 0 Å². The Labute approximate surface area is 118 Å². The summed E-state index contributed by atoms with van der Waals surface area (Å²) in [6, 6.07) is 5.02. The van der Waals surface area contributed by atoms with Crippen molar-refractivity contribution in [3.05, 3.63) is 56.7 Å². The summed E-state index contributed by atoms with van der Waals surface area (Å²) in [6.07, 6.45) is 1.62. The number of rotatable bonds is 3. The molecule has 0 fully saturated rings. The molecule has 18 heavy (non-hydrogen) atoms. The van der Waals surface area contributed by atoms with E-state index in [-0.39, 0.29) is 11.1 Å². The molecule has 1 N–H and O–H groups in total. The first-order chi connectivity index (χ1) is 8.54. The number of aryl methyl sites for hydroxylation is 1. The molecule has 1 heterocycles. The van der Waals surface area contributed by atoms with Crippen molar-refractivity contribution in [2.75, 3.05) is 7.05 Å². The van der Waals surface area contributed by atoms with Gasteiger partial charge in [0.15, 0.2) is 0 Å². The maximum atomic E-state index is 14.2. The molecule has 0 aliphatic carbocycles. The van der Waals surface area contributed by atoms with E-state index in [1.165, 1.54) is 0 Å². The molecule has 2 aromatic rings. The van der Waals surface area contributed by atoms with Crippen molar-refractivity contribution in [3.8, 4) is 0 Å². The zero-order valence-corrected chi connectivity index (χ0v) is 12.3. The number of furan rings is 1. The monoisotopic (exact) mass is 331 g/mol. The van der Waals surface area contributed by atoms with Gasteiger partial charge in [-0.05, 0) is 42.0 Å². The molecule has 0 saturated heterocycles. The fourth-order valence-corrected chi connectivity index (χ4v) is 2.36. The van der Waals surface area contributed by atoms with Crippen molar-refractivity contribution < 1.29 is 8.81 Å². The van der Waals surface area contributed by atoms with Crippen LogP contribution in [0, 0.1) is 12.7 Å². The van der Waals surface area contributed by atoms with Crippen LogP contribution in [-0.2, 0) is 0 Å². The molecule has 5 heteroatoms. The van der Waals surface area contributed by atoms with Gasteiger partial charge in [0.05, 0.1) is 17.3 Å². The Balaban J connectivity index is 2.49. The highest BCUT2D eigenvalue weighted by atomic mass is 79.9. The molecule has 0 saturated carbocycles.